The molecule has 2 heterocycles. The quantitative estimate of drug-likeness (QED) is 0.614. The predicted octanol–water partition coefficient (Wildman–Crippen LogP) is 3.97. The summed E-state index contributed by atoms with van der Waals surface area (Å²) in [7, 11) is 0. The van der Waals surface area contributed by atoms with Crippen LogP contribution in [0.3, 0.4) is 0 Å². The lowest BCUT2D eigenvalue weighted by Crippen LogP contribution is -2.50. The van der Waals surface area contributed by atoms with E-state index in [0.29, 0.717) is 31.0 Å². The van der Waals surface area contributed by atoms with Crippen molar-refractivity contribution < 1.29 is 18.7 Å². The molecule has 10 heteroatoms. The van der Waals surface area contributed by atoms with E-state index in [9.17, 15) is 19.2 Å². The number of nitrogens with zero attached hydrogens (tertiary/aromatic N) is 4. The fourth-order valence-electron chi connectivity index (χ4n) is 3.96. The van der Waals surface area contributed by atoms with Crippen molar-refractivity contribution in [3.63, 3.8) is 0 Å². The summed E-state index contributed by atoms with van der Waals surface area (Å²) in [5, 5.41) is 12.4. The van der Waals surface area contributed by atoms with Crippen LogP contribution in [0.15, 0.2) is 29.2 Å². The molecule has 1 aromatic heterocycles. The van der Waals surface area contributed by atoms with E-state index in [2.05, 4.69) is 16.4 Å². The highest BCUT2D eigenvalue weighted by Crippen LogP contribution is 2.22. The Bertz CT molecular complexity index is 1180. The second-order valence-electron chi connectivity index (χ2n) is 10.00. The van der Waals surface area contributed by atoms with Gasteiger partial charge in [-0.1, -0.05) is 6.92 Å². The third kappa shape index (κ3) is 6.97. The Morgan fingerprint density at radius 3 is 2.81 bits per heavy atom. The average Bonchev–Trinajstić information content (AvgIpc) is 2.80. The number of amides is 1. The molecule has 0 bridgehead atoms. The van der Waals surface area contributed by atoms with Gasteiger partial charge in [0.15, 0.2) is 0 Å². The molecule has 0 radical (unpaired) electrons. The summed E-state index contributed by atoms with van der Waals surface area (Å²) in [6, 6.07) is 5.70. The Labute approximate surface area is 210 Å². The fourth-order valence-corrected chi connectivity index (χ4v) is 3.96. The Kier molecular flexibility index (Phi) is 8.56. The number of ether oxygens (including phenoxy) is 2. The van der Waals surface area contributed by atoms with Crippen LogP contribution in [0.4, 0.5) is 15.1 Å². The lowest BCUT2D eigenvalue weighted by atomic mass is 10.1. The molecule has 3 rings (SSSR count). The molecule has 1 amide bonds. The summed E-state index contributed by atoms with van der Waals surface area (Å²) in [6.07, 6.45) is 2.91. The smallest absolute Gasteiger partial charge is 0.407 e. The van der Waals surface area contributed by atoms with E-state index in [0.717, 1.165) is 12.8 Å². The van der Waals surface area contributed by atoms with E-state index in [-0.39, 0.29) is 30.0 Å². The van der Waals surface area contributed by atoms with Crippen LogP contribution in [-0.4, -0.2) is 46.5 Å². The van der Waals surface area contributed by atoms with Crippen molar-refractivity contribution >= 4 is 12.0 Å². The molecule has 1 fully saturated rings. The van der Waals surface area contributed by atoms with E-state index in [1.807, 2.05) is 18.7 Å². The number of anilines is 1. The van der Waals surface area contributed by atoms with Crippen LogP contribution in [0, 0.1) is 17.1 Å². The number of halogens is 1. The topological polar surface area (TPSA) is 109 Å². The molecule has 1 N–H and O–H groups in total. The molecule has 194 valence electrons. The Morgan fingerprint density at radius 2 is 2.14 bits per heavy atom. The number of rotatable bonds is 7. The Morgan fingerprint density at radius 1 is 1.39 bits per heavy atom. The van der Waals surface area contributed by atoms with Crippen LogP contribution in [-0.2, 0) is 11.3 Å². The number of piperidine rings is 1. The van der Waals surface area contributed by atoms with Gasteiger partial charge in [-0.2, -0.15) is 5.26 Å². The zero-order chi connectivity index (χ0) is 26.5. The largest absolute Gasteiger partial charge is 0.484 e. The number of hydrogen-bond donors (Lipinski definition) is 1. The van der Waals surface area contributed by atoms with Crippen LogP contribution in [0.5, 0.6) is 5.75 Å². The van der Waals surface area contributed by atoms with Crippen molar-refractivity contribution in [2.24, 2.45) is 0 Å². The van der Waals surface area contributed by atoms with Gasteiger partial charge in [0.05, 0.1) is 30.5 Å². The van der Waals surface area contributed by atoms with Crippen LogP contribution >= 0.6 is 0 Å². The van der Waals surface area contributed by atoms with Crippen molar-refractivity contribution in [3.05, 3.63) is 51.7 Å². The first-order valence-corrected chi connectivity index (χ1v) is 12.2. The first-order chi connectivity index (χ1) is 17.0. The standard InChI is InChI=1S/C26H34FN5O4/c1-6-17(2)35-22-14-29-24(31-11-7-8-21(16-31)30-25(34)36-26(3,4)5)32(23(22)33)15-19-12-20(27)10-9-18(19)13-28/h9-10,12,14,17,21H,6-8,11,15-16H2,1-5H3,(H,30,34)/t17?,21-/m0/s1. The van der Waals surface area contributed by atoms with Gasteiger partial charge in [0.2, 0.25) is 11.7 Å². The second-order valence-corrected chi connectivity index (χ2v) is 10.00. The normalized spacial score (nSPS) is 16.7. The van der Waals surface area contributed by atoms with Gasteiger partial charge in [0, 0.05) is 19.1 Å². The number of nitrogens with one attached hydrogen (secondary N) is 1. The number of benzene rings is 1. The number of carbonyl (C=O) groups excluding carboxylic acids is 1. The number of alkyl carbamates (subject to hydrolysis) is 1. The van der Waals surface area contributed by atoms with E-state index < -0.39 is 23.1 Å². The minimum atomic E-state index is -0.616. The van der Waals surface area contributed by atoms with Crippen molar-refractivity contribution in [2.75, 3.05) is 18.0 Å². The minimum Gasteiger partial charge on any atom is -0.484 e. The first kappa shape index (κ1) is 27.0. The van der Waals surface area contributed by atoms with Crippen molar-refractivity contribution in [2.45, 2.75) is 78.2 Å². The summed E-state index contributed by atoms with van der Waals surface area (Å²) in [5.74, 6) is -0.0537. The summed E-state index contributed by atoms with van der Waals surface area (Å²) < 4.78 is 26.6. The third-order valence-electron chi connectivity index (χ3n) is 5.84. The lowest BCUT2D eigenvalue weighted by Gasteiger charge is -2.35. The van der Waals surface area contributed by atoms with E-state index in [1.165, 1.54) is 29.0 Å². The summed E-state index contributed by atoms with van der Waals surface area (Å²) in [4.78, 5) is 32.2. The molecule has 1 unspecified atom stereocenters. The fraction of sp³-hybridized carbons (Fsp3) is 0.538. The van der Waals surface area contributed by atoms with Crippen molar-refractivity contribution in [1.29, 1.82) is 5.26 Å². The number of carbonyl (C=O) groups is 1. The van der Waals surface area contributed by atoms with E-state index >= 15 is 0 Å². The van der Waals surface area contributed by atoms with Crippen molar-refractivity contribution in [1.82, 2.24) is 14.9 Å². The van der Waals surface area contributed by atoms with Gasteiger partial charge < -0.3 is 19.7 Å². The molecule has 9 nitrogen and oxygen atoms in total. The molecule has 1 saturated heterocycles. The third-order valence-corrected chi connectivity index (χ3v) is 5.84. The zero-order valence-electron chi connectivity index (χ0n) is 21.5. The van der Waals surface area contributed by atoms with Gasteiger partial charge in [-0.15, -0.1) is 0 Å². The molecule has 2 atom stereocenters. The monoisotopic (exact) mass is 499 g/mol. The van der Waals surface area contributed by atoms with Gasteiger partial charge in [-0.25, -0.2) is 14.2 Å². The molecule has 1 aliphatic heterocycles. The van der Waals surface area contributed by atoms with Crippen LogP contribution in [0.1, 0.15) is 65.0 Å². The first-order valence-electron chi connectivity index (χ1n) is 12.2. The predicted molar refractivity (Wildman–Crippen MR) is 134 cm³/mol. The number of hydrogen-bond acceptors (Lipinski definition) is 7. The average molecular weight is 500 g/mol. The molecule has 2 aromatic rings. The number of aromatic nitrogens is 2. The Balaban J connectivity index is 1.95. The van der Waals surface area contributed by atoms with Crippen LogP contribution in [0.25, 0.3) is 0 Å². The molecule has 1 aromatic carbocycles. The van der Waals surface area contributed by atoms with Gasteiger partial charge in [0.25, 0.3) is 5.56 Å². The highest BCUT2D eigenvalue weighted by atomic mass is 19.1. The highest BCUT2D eigenvalue weighted by molar-refractivity contribution is 5.68. The van der Waals surface area contributed by atoms with E-state index in [4.69, 9.17) is 9.47 Å². The molecular weight excluding hydrogens is 465 g/mol. The molecule has 1 aliphatic rings. The van der Waals surface area contributed by atoms with Gasteiger partial charge in [-0.3, -0.25) is 9.36 Å². The lowest BCUT2D eigenvalue weighted by molar-refractivity contribution is 0.0499. The van der Waals surface area contributed by atoms with Gasteiger partial charge in [-0.05, 0) is 70.7 Å². The molecular formula is C26H34FN5O4. The Hall–Kier alpha value is -3.61. The minimum absolute atomic E-state index is 0.0554. The van der Waals surface area contributed by atoms with Gasteiger partial charge >= 0.3 is 6.09 Å². The SMILES string of the molecule is CCC(C)Oc1cnc(N2CCC[C@H](NC(=O)OC(C)(C)C)C2)n(Cc2cc(F)ccc2C#N)c1=O. The molecule has 0 aliphatic carbocycles. The second kappa shape index (κ2) is 11.4. The molecule has 36 heavy (non-hydrogen) atoms. The number of nitriles is 1. The zero-order valence-corrected chi connectivity index (χ0v) is 21.5. The van der Waals surface area contributed by atoms with Crippen LogP contribution in [0.2, 0.25) is 0 Å². The maximum absolute atomic E-state index is 14.0. The molecule has 0 spiro atoms. The van der Waals surface area contributed by atoms with Gasteiger partial charge in [0.1, 0.15) is 11.4 Å². The van der Waals surface area contributed by atoms with Crippen LogP contribution < -0.4 is 20.5 Å². The maximum atomic E-state index is 14.0. The highest BCUT2D eigenvalue weighted by Gasteiger charge is 2.27. The van der Waals surface area contributed by atoms with Crippen molar-refractivity contribution in [3.8, 4) is 11.8 Å². The molecule has 0 saturated carbocycles. The summed E-state index contributed by atoms with van der Waals surface area (Å²) in [6.45, 7) is 10.2. The summed E-state index contributed by atoms with van der Waals surface area (Å²) >= 11 is 0. The summed E-state index contributed by atoms with van der Waals surface area (Å²) in [5.41, 5.74) is -0.403. The maximum Gasteiger partial charge on any atom is 0.407 e. The van der Waals surface area contributed by atoms with E-state index in [1.54, 1.807) is 20.8 Å².